The molecule has 0 bridgehead atoms. The summed E-state index contributed by atoms with van der Waals surface area (Å²) in [6, 6.07) is 3.62. The van der Waals surface area contributed by atoms with Crippen LogP contribution in [0.5, 0.6) is 0 Å². The molecule has 0 aliphatic carbocycles. The molecular weight excluding hydrogens is 425 g/mol. The first-order chi connectivity index (χ1) is 15.3. The minimum absolute atomic E-state index is 0.346. The number of aromatic nitrogens is 2. The Morgan fingerprint density at radius 3 is 2.50 bits per heavy atom. The van der Waals surface area contributed by atoms with Crippen molar-refractivity contribution in [2.75, 3.05) is 38.1 Å². The number of piperazine rings is 1. The lowest BCUT2D eigenvalue weighted by Gasteiger charge is -2.38. The van der Waals surface area contributed by atoms with Crippen LogP contribution in [0.1, 0.15) is 53.4 Å². The Labute approximate surface area is 197 Å². The third-order valence-electron chi connectivity index (χ3n) is 5.81. The fraction of sp³-hybridized carbons (Fsp3) is 0.600. The van der Waals surface area contributed by atoms with Gasteiger partial charge in [-0.15, -0.1) is 6.58 Å². The quantitative estimate of drug-likeness (QED) is 0.546. The number of hydrogen-bond acceptors (Lipinski definition) is 4. The molecule has 2 fully saturated rings. The number of halogens is 2. The van der Waals surface area contributed by atoms with E-state index in [2.05, 4.69) is 47.1 Å². The Morgan fingerprint density at radius 1 is 1.25 bits per heavy atom. The average molecular weight is 464 g/mol. The predicted molar refractivity (Wildman–Crippen MR) is 135 cm³/mol. The SMILES string of the molecule is C=C(C)CC.CCC.CN=c1c(N2CCN3CCCC3C2)nc2c(F)cc(Cl)cc2n1C. The van der Waals surface area contributed by atoms with Crippen molar-refractivity contribution in [1.29, 1.82) is 0 Å². The number of benzene rings is 1. The summed E-state index contributed by atoms with van der Waals surface area (Å²) in [6.45, 7) is 16.1. The fourth-order valence-corrected chi connectivity index (χ4v) is 4.18. The van der Waals surface area contributed by atoms with E-state index in [1.807, 2.05) is 18.5 Å². The highest BCUT2D eigenvalue weighted by Crippen LogP contribution is 2.26. The normalized spacial score (nSPS) is 18.6. The summed E-state index contributed by atoms with van der Waals surface area (Å²) in [7, 11) is 3.64. The molecular formula is C25H39ClFN5. The number of aryl methyl sites for hydroxylation is 1. The molecule has 2 aliphatic rings. The van der Waals surface area contributed by atoms with E-state index < -0.39 is 5.82 Å². The van der Waals surface area contributed by atoms with Crippen LogP contribution in [0.2, 0.25) is 5.02 Å². The van der Waals surface area contributed by atoms with E-state index in [-0.39, 0.29) is 0 Å². The lowest BCUT2D eigenvalue weighted by molar-refractivity contribution is 0.230. The van der Waals surface area contributed by atoms with Gasteiger partial charge in [0.15, 0.2) is 17.1 Å². The van der Waals surface area contributed by atoms with E-state index in [9.17, 15) is 4.39 Å². The van der Waals surface area contributed by atoms with Crippen molar-refractivity contribution in [3.05, 3.63) is 40.6 Å². The van der Waals surface area contributed by atoms with Crippen LogP contribution in [-0.2, 0) is 7.05 Å². The third-order valence-corrected chi connectivity index (χ3v) is 6.03. The molecule has 1 atom stereocenters. The zero-order chi connectivity index (χ0) is 23.8. The molecule has 2 aliphatic heterocycles. The summed E-state index contributed by atoms with van der Waals surface area (Å²) in [5.41, 5.74) is 3.02. The molecule has 0 radical (unpaired) electrons. The molecule has 0 N–H and O–H groups in total. The first-order valence-corrected chi connectivity index (χ1v) is 12.1. The molecule has 2 aromatic rings. The van der Waals surface area contributed by atoms with Crippen LogP contribution in [-0.4, -0.2) is 53.7 Å². The predicted octanol–water partition coefficient (Wildman–Crippen LogP) is 5.57. The Balaban J connectivity index is 0.000000395. The topological polar surface area (TPSA) is 36.7 Å². The second-order valence-electron chi connectivity index (χ2n) is 8.59. The van der Waals surface area contributed by atoms with Gasteiger partial charge in [-0.3, -0.25) is 9.89 Å². The van der Waals surface area contributed by atoms with E-state index in [1.54, 1.807) is 13.1 Å². The molecule has 2 saturated heterocycles. The summed E-state index contributed by atoms with van der Waals surface area (Å²) in [5, 5.41) is 0.367. The fourth-order valence-electron chi connectivity index (χ4n) is 3.98. The molecule has 32 heavy (non-hydrogen) atoms. The Bertz CT molecular complexity index is 984. The van der Waals surface area contributed by atoms with Gasteiger partial charge in [0.2, 0.25) is 0 Å². The number of anilines is 1. The van der Waals surface area contributed by atoms with Gasteiger partial charge in [-0.05, 0) is 44.9 Å². The van der Waals surface area contributed by atoms with Crippen LogP contribution in [0.3, 0.4) is 0 Å². The first kappa shape index (κ1) is 26.3. The monoisotopic (exact) mass is 463 g/mol. The van der Waals surface area contributed by atoms with Crippen molar-refractivity contribution in [1.82, 2.24) is 14.5 Å². The van der Waals surface area contributed by atoms with Crippen LogP contribution in [0.15, 0.2) is 29.3 Å². The highest BCUT2D eigenvalue weighted by Gasteiger charge is 2.32. The molecule has 1 aromatic heterocycles. The lowest BCUT2D eigenvalue weighted by Crippen LogP contribution is -2.52. The number of nitrogens with zero attached hydrogens (tertiary/aromatic N) is 5. The van der Waals surface area contributed by atoms with Crippen molar-refractivity contribution < 1.29 is 4.39 Å². The van der Waals surface area contributed by atoms with Gasteiger partial charge in [0.05, 0.1) is 5.52 Å². The summed E-state index contributed by atoms with van der Waals surface area (Å²) < 4.78 is 16.3. The molecule has 3 heterocycles. The largest absolute Gasteiger partial charge is 0.351 e. The lowest BCUT2D eigenvalue weighted by atomic mass is 10.1. The molecule has 0 spiro atoms. The van der Waals surface area contributed by atoms with Gasteiger partial charge in [-0.1, -0.05) is 44.4 Å². The van der Waals surface area contributed by atoms with Crippen molar-refractivity contribution in [3.63, 3.8) is 0 Å². The molecule has 5 nitrogen and oxygen atoms in total. The Hall–Kier alpha value is -1.92. The summed E-state index contributed by atoms with van der Waals surface area (Å²) >= 11 is 6.01. The second kappa shape index (κ2) is 12.4. The highest BCUT2D eigenvalue weighted by atomic mass is 35.5. The smallest absolute Gasteiger partial charge is 0.172 e. The maximum atomic E-state index is 14.4. The van der Waals surface area contributed by atoms with Gasteiger partial charge < -0.3 is 9.47 Å². The van der Waals surface area contributed by atoms with Gasteiger partial charge in [0.25, 0.3) is 0 Å². The van der Waals surface area contributed by atoms with Crippen molar-refractivity contribution in [2.24, 2.45) is 12.0 Å². The number of fused-ring (bicyclic) bond motifs is 2. The summed E-state index contributed by atoms with van der Waals surface area (Å²) in [6.07, 6.45) is 4.84. The van der Waals surface area contributed by atoms with E-state index >= 15 is 0 Å². The number of hydrogen-bond donors (Lipinski definition) is 0. The van der Waals surface area contributed by atoms with Crippen LogP contribution in [0.4, 0.5) is 10.2 Å². The zero-order valence-electron chi connectivity index (χ0n) is 20.6. The highest BCUT2D eigenvalue weighted by molar-refractivity contribution is 6.31. The molecule has 4 rings (SSSR count). The maximum absolute atomic E-state index is 14.4. The molecule has 1 aromatic carbocycles. The minimum atomic E-state index is -0.392. The first-order valence-electron chi connectivity index (χ1n) is 11.7. The van der Waals surface area contributed by atoms with Crippen LogP contribution in [0.25, 0.3) is 11.0 Å². The van der Waals surface area contributed by atoms with Crippen molar-refractivity contribution in [3.8, 4) is 0 Å². The molecule has 0 saturated carbocycles. The maximum Gasteiger partial charge on any atom is 0.172 e. The van der Waals surface area contributed by atoms with E-state index in [4.69, 9.17) is 11.6 Å². The van der Waals surface area contributed by atoms with Gasteiger partial charge in [0, 0.05) is 44.8 Å². The standard InChI is InChI=1S/C17H21ClFN5.C5H10.C3H8/c1-20-16-17(24-7-6-23-5-3-4-12(23)10-24)21-15-13(19)8-11(18)9-14(15)22(16)2;1-4-5(2)3;1-3-2/h8-9,12H,3-7,10H2,1-2H3;2,4H2,1,3H3;3H2,1-2H3. The van der Waals surface area contributed by atoms with Crippen molar-refractivity contribution >= 4 is 28.5 Å². The van der Waals surface area contributed by atoms with Crippen LogP contribution in [0, 0.1) is 5.82 Å². The zero-order valence-corrected chi connectivity index (χ0v) is 21.3. The molecule has 178 valence electrons. The molecule has 7 heteroatoms. The third kappa shape index (κ3) is 6.32. The summed E-state index contributed by atoms with van der Waals surface area (Å²) in [5.74, 6) is 0.372. The van der Waals surface area contributed by atoms with E-state index in [1.165, 1.54) is 37.4 Å². The molecule has 1 unspecified atom stereocenters. The molecule has 0 amide bonds. The van der Waals surface area contributed by atoms with Gasteiger partial charge in [0.1, 0.15) is 5.52 Å². The van der Waals surface area contributed by atoms with Crippen molar-refractivity contribution in [2.45, 2.75) is 59.4 Å². The van der Waals surface area contributed by atoms with E-state index in [0.29, 0.717) is 22.1 Å². The van der Waals surface area contributed by atoms with E-state index in [0.717, 1.165) is 37.4 Å². The van der Waals surface area contributed by atoms with Gasteiger partial charge >= 0.3 is 0 Å². The Morgan fingerprint density at radius 2 is 1.91 bits per heavy atom. The summed E-state index contributed by atoms with van der Waals surface area (Å²) in [4.78, 5) is 13.9. The van der Waals surface area contributed by atoms with Crippen LogP contribution >= 0.6 is 11.6 Å². The van der Waals surface area contributed by atoms with Gasteiger partial charge in [-0.2, -0.15) is 0 Å². The number of allylic oxidation sites excluding steroid dienone is 1. The van der Waals surface area contributed by atoms with Crippen LogP contribution < -0.4 is 10.4 Å². The second-order valence-corrected chi connectivity index (χ2v) is 9.03. The average Bonchev–Trinajstić information content (AvgIpc) is 3.23. The Kier molecular flexibility index (Phi) is 10.2. The van der Waals surface area contributed by atoms with Gasteiger partial charge in [-0.25, -0.2) is 9.37 Å². The minimum Gasteiger partial charge on any atom is -0.351 e. The number of rotatable bonds is 2.